The van der Waals surface area contributed by atoms with Crippen molar-refractivity contribution in [1.82, 2.24) is 15.0 Å². The lowest BCUT2D eigenvalue weighted by Gasteiger charge is -2.39. The number of pyridine rings is 1. The van der Waals surface area contributed by atoms with Gasteiger partial charge in [0, 0.05) is 32.1 Å². The van der Waals surface area contributed by atoms with Crippen LogP contribution in [0.1, 0.15) is 24.1 Å². The number of aromatic nitrogens is 3. The summed E-state index contributed by atoms with van der Waals surface area (Å²) in [4.78, 5) is 26.2. The summed E-state index contributed by atoms with van der Waals surface area (Å²) in [6, 6.07) is 5.33. The number of hydrogen-bond acceptors (Lipinski definition) is 8. The molecule has 3 heterocycles. The average Bonchev–Trinajstić information content (AvgIpc) is 2.64. The van der Waals surface area contributed by atoms with Crippen LogP contribution in [0.4, 0.5) is 11.8 Å². The average molecular weight is 354 g/mol. The van der Waals surface area contributed by atoms with Crippen molar-refractivity contribution in [3.63, 3.8) is 0 Å². The zero-order chi connectivity index (χ0) is 18.7. The fourth-order valence-electron chi connectivity index (χ4n) is 2.84. The van der Waals surface area contributed by atoms with Crippen molar-refractivity contribution in [3.05, 3.63) is 35.8 Å². The van der Waals surface area contributed by atoms with Crippen LogP contribution in [0.3, 0.4) is 0 Å². The number of rotatable bonds is 4. The molecule has 1 aliphatic rings. The van der Waals surface area contributed by atoms with Crippen LogP contribution in [-0.2, 0) is 4.79 Å². The molecule has 0 unspecified atom stereocenters. The summed E-state index contributed by atoms with van der Waals surface area (Å²) in [5.41, 5.74) is 5.25. The quantitative estimate of drug-likeness (QED) is 0.827. The number of nitrogens with two attached hydrogens (primary N) is 1. The first kappa shape index (κ1) is 17.4. The molecule has 2 aromatic heterocycles. The van der Waals surface area contributed by atoms with Crippen molar-refractivity contribution in [3.8, 4) is 11.8 Å². The van der Waals surface area contributed by atoms with Crippen LogP contribution >= 0.6 is 0 Å². The molecule has 0 atom stereocenters. The molecular weight excluding hydrogens is 336 g/mol. The van der Waals surface area contributed by atoms with Gasteiger partial charge in [0.2, 0.25) is 11.5 Å². The SMILES string of the molecule is Cc1ncccc1OC1(C(=O)O)CCN(c2ncc(C#N)c(N)n2)CC1. The lowest BCUT2D eigenvalue weighted by atomic mass is 9.91. The summed E-state index contributed by atoms with van der Waals surface area (Å²) in [6.45, 7) is 2.54. The highest BCUT2D eigenvalue weighted by Gasteiger charge is 2.45. The molecule has 9 nitrogen and oxygen atoms in total. The number of piperidine rings is 1. The Morgan fingerprint density at radius 1 is 1.42 bits per heavy atom. The van der Waals surface area contributed by atoms with Crippen LogP contribution in [0.25, 0.3) is 0 Å². The van der Waals surface area contributed by atoms with Crippen molar-refractivity contribution >= 4 is 17.7 Å². The maximum atomic E-state index is 11.9. The van der Waals surface area contributed by atoms with Gasteiger partial charge in [-0.3, -0.25) is 4.98 Å². The molecule has 3 N–H and O–H groups in total. The number of nitrogen functional groups attached to an aromatic ring is 1. The summed E-state index contributed by atoms with van der Waals surface area (Å²) in [5.74, 6) is -0.0734. The molecule has 26 heavy (non-hydrogen) atoms. The maximum Gasteiger partial charge on any atom is 0.348 e. The van der Waals surface area contributed by atoms with E-state index in [1.165, 1.54) is 6.20 Å². The van der Waals surface area contributed by atoms with E-state index in [9.17, 15) is 9.90 Å². The van der Waals surface area contributed by atoms with Gasteiger partial charge in [0.05, 0.1) is 11.9 Å². The van der Waals surface area contributed by atoms with Gasteiger partial charge in [0.15, 0.2) is 0 Å². The van der Waals surface area contributed by atoms with Crippen LogP contribution in [0.5, 0.6) is 5.75 Å². The lowest BCUT2D eigenvalue weighted by Crippen LogP contribution is -2.53. The smallest absolute Gasteiger partial charge is 0.348 e. The van der Waals surface area contributed by atoms with E-state index >= 15 is 0 Å². The van der Waals surface area contributed by atoms with Gasteiger partial charge in [0.25, 0.3) is 0 Å². The monoisotopic (exact) mass is 354 g/mol. The molecule has 0 spiro atoms. The third kappa shape index (κ3) is 3.21. The molecule has 0 amide bonds. The van der Waals surface area contributed by atoms with Gasteiger partial charge in [0.1, 0.15) is 23.2 Å². The van der Waals surface area contributed by atoms with E-state index in [-0.39, 0.29) is 24.2 Å². The standard InChI is InChI=1S/C17H18N6O3/c1-11-13(3-2-6-20-11)26-17(15(24)25)4-7-23(8-5-17)16-21-10-12(9-18)14(19)22-16/h2-3,6,10H,4-5,7-8H2,1H3,(H,24,25)(H2,19,21,22). The number of carboxylic acid groups (broad SMARTS) is 1. The summed E-state index contributed by atoms with van der Waals surface area (Å²) in [7, 11) is 0. The third-order valence-corrected chi connectivity index (χ3v) is 4.43. The van der Waals surface area contributed by atoms with E-state index in [0.29, 0.717) is 30.5 Å². The third-order valence-electron chi connectivity index (χ3n) is 4.43. The number of nitriles is 1. The van der Waals surface area contributed by atoms with Crippen molar-refractivity contribution in [2.45, 2.75) is 25.4 Å². The minimum Gasteiger partial charge on any atom is -0.478 e. The number of ether oxygens (including phenoxy) is 1. The van der Waals surface area contributed by atoms with Gasteiger partial charge in [-0.05, 0) is 19.1 Å². The Kier molecular flexibility index (Phi) is 4.58. The van der Waals surface area contributed by atoms with E-state index in [4.69, 9.17) is 15.7 Å². The second-order valence-electron chi connectivity index (χ2n) is 6.06. The van der Waals surface area contributed by atoms with Gasteiger partial charge < -0.3 is 20.5 Å². The highest BCUT2D eigenvalue weighted by Crippen LogP contribution is 2.31. The molecule has 0 radical (unpaired) electrons. The van der Waals surface area contributed by atoms with E-state index in [0.717, 1.165) is 0 Å². The van der Waals surface area contributed by atoms with E-state index in [1.807, 2.05) is 11.0 Å². The molecule has 0 aliphatic carbocycles. The van der Waals surface area contributed by atoms with Crippen molar-refractivity contribution in [2.24, 2.45) is 0 Å². The molecule has 1 saturated heterocycles. The second kappa shape index (κ2) is 6.84. The number of aliphatic carboxylic acids is 1. The summed E-state index contributed by atoms with van der Waals surface area (Å²) in [6.07, 6.45) is 3.50. The molecule has 0 saturated carbocycles. The Bertz CT molecular complexity index is 871. The highest BCUT2D eigenvalue weighted by atomic mass is 16.5. The zero-order valence-corrected chi connectivity index (χ0v) is 14.2. The lowest BCUT2D eigenvalue weighted by molar-refractivity contribution is -0.157. The van der Waals surface area contributed by atoms with Gasteiger partial charge >= 0.3 is 5.97 Å². The zero-order valence-electron chi connectivity index (χ0n) is 14.2. The number of anilines is 2. The number of carbonyl (C=O) groups is 1. The van der Waals surface area contributed by atoms with Gasteiger partial charge in [-0.2, -0.15) is 10.2 Å². The minimum atomic E-state index is -1.33. The predicted molar refractivity (Wildman–Crippen MR) is 92.6 cm³/mol. The molecule has 1 fully saturated rings. The molecule has 3 rings (SSSR count). The van der Waals surface area contributed by atoms with Crippen LogP contribution in [0, 0.1) is 18.3 Å². The molecule has 9 heteroatoms. The van der Waals surface area contributed by atoms with Gasteiger partial charge in [-0.25, -0.2) is 9.78 Å². The first-order valence-corrected chi connectivity index (χ1v) is 8.07. The fraction of sp³-hybridized carbons (Fsp3) is 0.353. The van der Waals surface area contributed by atoms with Crippen LogP contribution < -0.4 is 15.4 Å². The largest absolute Gasteiger partial charge is 0.478 e. The first-order valence-electron chi connectivity index (χ1n) is 8.07. The van der Waals surface area contributed by atoms with Gasteiger partial charge in [-0.1, -0.05) is 0 Å². The Hall–Kier alpha value is -3.41. The van der Waals surface area contributed by atoms with Crippen LogP contribution in [0.15, 0.2) is 24.5 Å². The Balaban J connectivity index is 1.78. The van der Waals surface area contributed by atoms with E-state index < -0.39 is 11.6 Å². The van der Waals surface area contributed by atoms with Crippen LogP contribution in [-0.4, -0.2) is 44.7 Å². The number of aryl methyl sites for hydroxylation is 1. The van der Waals surface area contributed by atoms with Crippen molar-refractivity contribution < 1.29 is 14.6 Å². The highest BCUT2D eigenvalue weighted by molar-refractivity contribution is 5.78. The molecule has 134 valence electrons. The number of nitrogens with zero attached hydrogens (tertiary/aromatic N) is 5. The topological polar surface area (TPSA) is 138 Å². The maximum absolute atomic E-state index is 11.9. The molecule has 0 bridgehead atoms. The molecule has 1 aliphatic heterocycles. The first-order chi connectivity index (χ1) is 12.4. The predicted octanol–water partition coefficient (Wildman–Crippen LogP) is 1.14. The van der Waals surface area contributed by atoms with Crippen LogP contribution in [0.2, 0.25) is 0 Å². The van der Waals surface area contributed by atoms with E-state index in [2.05, 4.69) is 15.0 Å². The number of carboxylic acids is 1. The van der Waals surface area contributed by atoms with Crippen molar-refractivity contribution in [1.29, 1.82) is 5.26 Å². The van der Waals surface area contributed by atoms with E-state index in [1.54, 1.807) is 25.3 Å². The normalized spacial score (nSPS) is 15.9. The second-order valence-corrected chi connectivity index (χ2v) is 6.06. The number of hydrogen-bond donors (Lipinski definition) is 2. The summed E-state index contributed by atoms with van der Waals surface area (Å²) < 4.78 is 5.88. The molecular formula is C17H18N6O3. The Morgan fingerprint density at radius 2 is 2.15 bits per heavy atom. The Labute approximate surface area is 150 Å². The molecule has 2 aromatic rings. The molecule has 0 aromatic carbocycles. The van der Waals surface area contributed by atoms with Gasteiger partial charge in [-0.15, -0.1) is 0 Å². The minimum absolute atomic E-state index is 0.106. The summed E-state index contributed by atoms with van der Waals surface area (Å²) >= 11 is 0. The fourth-order valence-corrected chi connectivity index (χ4v) is 2.84. The van der Waals surface area contributed by atoms with Crippen molar-refractivity contribution in [2.75, 3.05) is 23.7 Å². The Morgan fingerprint density at radius 3 is 2.73 bits per heavy atom. The summed E-state index contributed by atoms with van der Waals surface area (Å²) in [5, 5.41) is 18.7.